The second kappa shape index (κ2) is 11.7. The highest BCUT2D eigenvalue weighted by atomic mass is 13.9. The first-order valence-electron chi connectivity index (χ1n) is 6.06. The van der Waals surface area contributed by atoms with Gasteiger partial charge in [0.15, 0.2) is 0 Å². The van der Waals surface area contributed by atoms with E-state index in [1.807, 2.05) is 0 Å². The molecule has 78 valence electrons. The Balaban J connectivity index is 2.87. The average molecular weight is 182 g/mol. The summed E-state index contributed by atoms with van der Waals surface area (Å²) in [5, 5.41) is 0. The van der Waals surface area contributed by atoms with Crippen LogP contribution in [0.2, 0.25) is 0 Å². The van der Waals surface area contributed by atoms with E-state index in [9.17, 15) is 0 Å². The zero-order valence-electron chi connectivity index (χ0n) is 9.52. The molecule has 0 aromatic carbocycles. The van der Waals surface area contributed by atoms with Crippen LogP contribution in [-0.2, 0) is 0 Å². The lowest BCUT2D eigenvalue weighted by Crippen LogP contribution is -1.78. The summed E-state index contributed by atoms with van der Waals surface area (Å²) in [7, 11) is 0. The predicted octanol–water partition coefficient (Wildman–Crippen LogP) is 5.09. The van der Waals surface area contributed by atoms with Gasteiger partial charge in [0.25, 0.3) is 0 Å². The van der Waals surface area contributed by atoms with E-state index in [4.69, 9.17) is 0 Å². The highest BCUT2D eigenvalue weighted by Gasteiger charge is 1.88. The fraction of sp³-hybridized carbons (Fsp3) is 0.846. The number of rotatable bonds is 9. The Morgan fingerprint density at radius 2 is 1.31 bits per heavy atom. The third-order valence-electron chi connectivity index (χ3n) is 2.38. The van der Waals surface area contributed by atoms with E-state index in [0.29, 0.717) is 0 Å². The molecule has 0 bridgehead atoms. The largest absolute Gasteiger partial charge is 0.0888 e. The van der Waals surface area contributed by atoms with Gasteiger partial charge >= 0.3 is 0 Å². The van der Waals surface area contributed by atoms with Gasteiger partial charge in [-0.3, -0.25) is 0 Å². The van der Waals surface area contributed by atoms with Crippen molar-refractivity contribution >= 4 is 0 Å². The second-order valence-electron chi connectivity index (χ2n) is 3.79. The van der Waals surface area contributed by atoms with Crippen LogP contribution in [0.4, 0.5) is 0 Å². The lowest BCUT2D eigenvalue weighted by molar-refractivity contribution is 0.592. The number of unbranched alkanes of at least 4 members (excludes halogenated alkanes) is 7. The van der Waals surface area contributed by atoms with Crippen molar-refractivity contribution in [1.82, 2.24) is 0 Å². The molecule has 0 amide bonds. The third-order valence-corrected chi connectivity index (χ3v) is 2.38. The van der Waals surface area contributed by atoms with Crippen molar-refractivity contribution < 1.29 is 0 Å². The van der Waals surface area contributed by atoms with E-state index < -0.39 is 0 Å². The first kappa shape index (κ1) is 12.7. The summed E-state index contributed by atoms with van der Waals surface area (Å²) in [6, 6.07) is 0. The number of hydrogen-bond acceptors (Lipinski definition) is 0. The van der Waals surface area contributed by atoms with Crippen LogP contribution in [0.15, 0.2) is 12.2 Å². The van der Waals surface area contributed by atoms with E-state index >= 15 is 0 Å². The lowest BCUT2D eigenvalue weighted by Gasteiger charge is -1.98. The molecule has 0 aromatic heterocycles. The quantitative estimate of drug-likeness (QED) is 0.344. The molecule has 0 rings (SSSR count). The molecule has 0 heterocycles. The second-order valence-corrected chi connectivity index (χ2v) is 3.79. The van der Waals surface area contributed by atoms with Crippen molar-refractivity contribution in [3.63, 3.8) is 0 Å². The lowest BCUT2D eigenvalue weighted by atomic mass is 10.1. The Hall–Kier alpha value is -0.260. The summed E-state index contributed by atoms with van der Waals surface area (Å²) in [5.74, 6) is 0. The fourth-order valence-corrected chi connectivity index (χ4v) is 1.50. The van der Waals surface area contributed by atoms with Crippen LogP contribution in [0.25, 0.3) is 0 Å². The highest BCUT2D eigenvalue weighted by molar-refractivity contribution is 4.79. The molecule has 0 aromatic rings. The van der Waals surface area contributed by atoms with Gasteiger partial charge in [-0.25, -0.2) is 0 Å². The maximum absolute atomic E-state index is 2.33. The normalized spacial score (nSPS) is 11.2. The summed E-state index contributed by atoms with van der Waals surface area (Å²) in [6.45, 7) is 4.47. The molecule has 0 saturated heterocycles. The van der Waals surface area contributed by atoms with Crippen LogP contribution >= 0.6 is 0 Å². The minimum atomic E-state index is 1.19. The topological polar surface area (TPSA) is 0 Å². The minimum Gasteiger partial charge on any atom is -0.0888 e. The van der Waals surface area contributed by atoms with E-state index in [2.05, 4.69) is 26.0 Å². The Kier molecular flexibility index (Phi) is 11.5. The van der Waals surface area contributed by atoms with Crippen LogP contribution in [-0.4, -0.2) is 0 Å². The fourth-order valence-electron chi connectivity index (χ4n) is 1.50. The van der Waals surface area contributed by atoms with E-state index in [1.165, 1.54) is 57.8 Å². The molecular formula is C13H26. The summed E-state index contributed by atoms with van der Waals surface area (Å²) < 4.78 is 0. The Bertz CT molecular complexity index is 103. The first-order chi connectivity index (χ1) is 6.41. The van der Waals surface area contributed by atoms with Gasteiger partial charge in [-0.1, -0.05) is 64.5 Å². The van der Waals surface area contributed by atoms with Crippen LogP contribution < -0.4 is 0 Å². The van der Waals surface area contributed by atoms with Crippen molar-refractivity contribution in [3.05, 3.63) is 12.2 Å². The van der Waals surface area contributed by atoms with Crippen LogP contribution in [0, 0.1) is 0 Å². The summed E-state index contributed by atoms with van der Waals surface area (Å²) in [4.78, 5) is 0. The molecule has 0 aliphatic rings. The van der Waals surface area contributed by atoms with Crippen molar-refractivity contribution in [2.75, 3.05) is 0 Å². The van der Waals surface area contributed by atoms with Crippen LogP contribution in [0.5, 0.6) is 0 Å². The third kappa shape index (κ3) is 11.7. The molecule has 0 aliphatic carbocycles. The van der Waals surface area contributed by atoms with Gasteiger partial charge in [0.2, 0.25) is 0 Å². The van der Waals surface area contributed by atoms with Gasteiger partial charge in [-0.05, 0) is 19.3 Å². The maximum atomic E-state index is 2.33. The van der Waals surface area contributed by atoms with Crippen molar-refractivity contribution in [2.45, 2.75) is 71.6 Å². The molecule has 0 fully saturated rings. The van der Waals surface area contributed by atoms with Crippen molar-refractivity contribution in [3.8, 4) is 0 Å². The van der Waals surface area contributed by atoms with Gasteiger partial charge < -0.3 is 0 Å². The molecule has 0 N–H and O–H groups in total. The molecule has 0 atom stereocenters. The standard InChI is InChI=1S/C13H26/c1-3-5-7-9-11-13-12-10-8-6-4-2/h5,7H,3-4,6,8-13H2,1-2H3/b7-5-. The zero-order valence-corrected chi connectivity index (χ0v) is 9.52. The summed E-state index contributed by atoms with van der Waals surface area (Å²) >= 11 is 0. The van der Waals surface area contributed by atoms with Gasteiger partial charge in [0, 0.05) is 0 Å². The molecule has 0 nitrogen and oxygen atoms in total. The van der Waals surface area contributed by atoms with Gasteiger partial charge in [0.1, 0.15) is 0 Å². The number of allylic oxidation sites excluding steroid dienone is 2. The van der Waals surface area contributed by atoms with Crippen LogP contribution in [0.3, 0.4) is 0 Å². The maximum Gasteiger partial charge on any atom is -0.0351 e. The summed E-state index contributed by atoms with van der Waals surface area (Å²) in [5.41, 5.74) is 0. The van der Waals surface area contributed by atoms with E-state index in [0.717, 1.165) is 0 Å². The van der Waals surface area contributed by atoms with E-state index in [1.54, 1.807) is 0 Å². The molecule has 0 radical (unpaired) electrons. The number of hydrogen-bond donors (Lipinski definition) is 0. The van der Waals surface area contributed by atoms with E-state index in [-0.39, 0.29) is 0 Å². The van der Waals surface area contributed by atoms with Gasteiger partial charge in [-0.2, -0.15) is 0 Å². The molecule has 0 aliphatic heterocycles. The zero-order chi connectivity index (χ0) is 9.78. The Labute approximate surface area is 84.4 Å². The molecule has 13 heavy (non-hydrogen) atoms. The Morgan fingerprint density at radius 1 is 0.692 bits per heavy atom. The predicted molar refractivity (Wildman–Crippen MR) is 62.0 cm³/mol. The molecule has 0 spiro atoms. The minimum absolute atomic E-state index is 1.19. The van der Waals surface area contributed by atoms with Crippen molar-refractivity contribution in [1.29, 1.82) is 0 Å². The van der Waals surface area contributed by atoms with Gasteiger partial charge in [0.05, 0.1) is 0 Å². The highest BCUT2D eigenvalue weighted by Crippen LogP contribution is 2.08. The van der Waals surface area contributed by atoms with Crippen molar-refractivity contribution in [2.24, 2.45) is 0 Å². The molecule has 0 heteroatoms. The van der Waals surface area contributed by atoms with Crippen LogP contribution in [0.1, 0.15) is 71.6 Å². The smallest absolute Gasteiger partial charge is 0.0351 e. The SMILES string of the molecule is CC/C=C\CCCCCCCCC. The summed E-state index contributed by atoms with van der Waals surface area (Å²) in [6.07, 6.45) is 17.0. The Morgan fingerprint density at radius 3 is 1.92 bits per heavy atom. The van der Waals surface area contributed by atoms with Gasteiger partial charge in [-0.15, -0.1) is 0 Å². The molecule has 0 unspecified atom stereocenters. The molecule has 0 saturated carbocycles. The average Bonchev–Trinajstić information content (AvgIpc) is 2.16. The first-order valence-corrected chi connectivity index (χ1v) is 6.06. The monoisotopic (exact) mass is 182 g/mol. The molecular weight excluding hydrogens is 156 g/mol.